The lowest BCUT2D eigenvalue weighted by Gasteiger charge is -2.20. The molecule has 1 aliphatic heterocycles. The van der Waals surface area contributed by atoms with Gasteiger partial charge in [0, 0.05) is 13.0 Å². The minimum absolute atomic E-state index is 0.148. The summed E-state index contributed by atoms with van der Waals surface area (Å²) in [5.74, 6) is -1.24. The molecule has 0 aliphatic carbocycles. The predicted octanol–water partition coefficient (Wildman–Crippen LogP) is 0.169. The summed E-state index contributed by atoms with van der Waals surface area (Å²) in [5.41, 5.74) is 0. The molecule has 0 amide bonds. The zero-order chi connectivity index (χ0) is 12.2. The average molecular weight is 246 g/mol. The SMILES string of the molecule is N#CCCCS(=O)(=O)N1CCC[C@@H]1C(=O)O. The summed E-state index contributed by atoms with van der Waals surface area (Å²) in [4.78, 5) is 10.8. The smallest absolute Gasteiger partial charge is 0.322 e. The van der Waals surface area contributed by atoms with Gasteiger partial charge in [-0.25, -0.2) is 8.42 Å². The van der Waals surface area contributed by atoms with Crippen molar-refractivity contribution < 1.29 is 18.3 Å². The van der Waals surface area contributed by atoms with E-state index in [1.807, 2.05) is 6.07 Å². The van der Waals surface area contributed by atoms with E-state index in [2.05, 4.69) is 0 Å². The van der Waals surface area contributed by atoms with Crippen LogP contribution in [0.25, 0.3) is 0 Å². The van der Waals surface area contributed by atoms with E-state index in [9.17, 15) is 13.2 Å². The van der Waals surface area contributed by atoms with Crippen molar-refractivity contribution in [2.24, 2.45) is 0 Å². The molecule has 0 aromatic heterocycles. The number of nitrogens with zero attached hydrogens (tertiary/aromatic N) is 2. The van der Waals surface area contributed by atoms with E-state index in [-0.39, 0.29) is 25.1 Å². The van der Waals surface area contributed by atoms with Crippen molar-refractivity contribution in [1.29, 1.82) is 5.26 Å². The summed E-state index contributed by atoms with van der Waals surface area (Å²) in [6, 6.07) is 0.942. The summed E-state index contributed by atoms with van der Waals surface area (Å²) < 4.78 is 24.6. The quantitative estimate of drug-likeness (QED) is 0.697. The molecule has 6 nitrogen and oxygen atoms in total. The third kappa shape index (κ3) is 2.93. The van der Waals surface area contributed by atoms with Crippen LogP contribution in [0, 0.1) is 11.3 Å². The van der Waals surface area contributed by atoms with Gasteiger partial charge in [0.15, 0.2) is 0 Å². The van der Waals surface area contributed by atoms with Gasteiger partial charge in [-0.1, -0.05) is 0 Å². The Morgan fingerprint density at radius 1 is 1.56 bits per heavy atom. The topological polar surface area (TPSA) is 98.5 Å². The van der Waals surface area contributed by atoms with Crippen molar-refractivity contribution in [2.45, 2.75) is 31.7 Å². The summed E-state index contributed by atoms with van der Waals surface area (Å²) in [6.45, 7) is 0.270. The number of hydrogen-bond acceptors (Lipinski definition) is 4. The Morgan fingerprint density at radius 2 is 2.25 bits per heavy atom. The number of carboxylic acid groups (broad SMARTS) is 1. The fourth-order valence-electron chi connectivity index (χ4n) is 1.77. The third-order valence-electron chi connectivity index (χ3n) is 2.54. The molecule has 0 radical (unpaired) electrons. The summed E-state index contributed by atoms with van der Waals surface area (Å²) >= 11 is 0. The van der Waals surface area contributed by atoms with Crippen LogP contribution < -0.4 is 0 Å². The Bertz CT molecular complexity index is 398. The number of aliphatic carboxylic acids is 1. The molecule has 1 saturated heterocycles. The van der Waals surface area contributed by atoms with Crippen LogP contribution in [-0.4, -0.2) is 42.1 Å². The van der Waals surface area contributed by atoms with E-state index >= 15 is 0 Å². The monoisotopic (exact) mass is 246 g/mol. The molecule has 1 N–H and O–H groups in total. The Balaban J connectivity index is 2.68. The molecule has 1 aliphatic rings. The van der Waals surface area contributed by atoms with Gasteiger partial charge in [0.2, 0.25) is 10.0 Å². The van der Waals surface area contributed by atoms with Crippen LogP contribution in [-0.2, 0) is 14.8 Å². The Hall–Kier alpha value is -1.13. The molecule has 0 spiro atoms. The Labute approximate surface area is 94.5 Å². The summed E-state index contributed by atoms with van der Waals surface area (Å²) in [6.07, 6.45) is 1.37. The van der Waals surface area contributed by atoms with Gasteiger partial charge in [-0.2, -0.15) is 9.57 Å². The highest BCUT2D eigenvalue weighted by atomic mass is 32.2. The molecule has 0 saturated carbocycles. The molecule has 7 heteroatoms. The van der Waals surface area contributed by atoms with Gasteiger partial charge in [0.1, 0.15) is 6.04 Å². The van der Waals surface area contributed by atoms with Crippen molar-refractivity contribution in [3.8, 4) is 6.07 Å². The minimum atomic E-state index is -3.53. The van der Waals surface area contributed by atoms with Gasteiger partial charge in [-0.3, -0.25) is 4.79 Å². The highest BCUT2D eigenvalue weighted by molar-refractivity contribution is 7.89. The van der Waals surface area contributed by atoms with Gasteiger partial charge >= 0.3 is 5.97 Å². The predicted molar refractivity (Wildman–Crippen MR) is 56.0 cm³/mol. The van der Waals surface area contributed by atoms with Crippen LogP contribution in [0.1, 0.15) is 25.7 Å². The van der Waals surface area contributed by atoms with Crippen molar-refractivity contribution in [2.75, 3.05) is 12.3 Å². The number of sulfonamides is 1. The van der Waals surface area contributed by atoms with Crippen LogP contribution in [0.3, 0.4) is 0 Å². The number of unbranched alkanes of at least 4 members (excludes halogenated alkanes) is 1. The van der Waals surface area contributed by atoms with Crippen molar-refractivity contribution in [3.63, 3.8) is 0 Å². The van der Waals surface area contributed by atoms with E-state index in [1.165, 1.54) is 0 Å². The molecule has 1 heterocycles. The first kappa shape index (κ1) is 12.9. The zero-order valence-electron chi connectivity index (χ0n) is 8.79. The number of rotatable bonds is 5. The largest absolute Gasteiger partial charge is 0.480 e. The van der Waals surface area contributed by atoms with E-state index in [4.69, 9.17) is 10.4 Å². The molecule has 1 rings (SSSR count). The summed E-state index contributed by atoms with van der Waals surface area (Å²) in [5, 5.41) is 17.2. The van der Waals surface area contributed by atoms with E-state index in [0.29, 0.717) is 12.8 Å². The number of carbonyl (C=O) groups is 1. The van der Waals surface area contributed by atoms with Crippen LogP contribution in [0.5, 0.6) is 0 Å². The molecule has 1 atom stereocenters. The highest BCUT2D eigenvalue weighted by Gasteiger charge is 2.37. The fourth-order valence-corrected chi connectivity index (χ4v) is 3.51. The van der Waals surface area contributed by atoms with Crippen molar-refractivity contribution in [1.82, 2.24) is 4.31 Å². The molecule has 16 heavy (non-hydrogen) atoms. The van der Waals surface area contributed by atoms with Crippen molar-refractivity contribution in [3.05, 3.63) is 0 Å². The molecule has 0 bridgehead atoms. The van der Waals surface area contributed by atoms with Crippen molar-refractivity contribution >= 4 is 16.0 Å². The third-order valence-corrected chi connectivity index (χ3v) is 4.49. The van der Waals surface area contributed by atoms with E-state index < -0.39 is 22.0 Å². The van der Waals surface area contributed by atoms with Gasteiger partial charge < -0.3 is 5.11 Å². The second-order valence-electron chi connectivity index (χ2n) is 3.68. The van der Waals surface area contributed by atoms with Gasteiger partial charge in [0.25, 0.3) is 0 Å². The highest BCUT2D eigenvalue weighted by Crippen LogP contribution is 2.22. The summed E-state index contributed by atoms with van der Waals surface area (Å²) in [7, 11) is -3.53. The maximum Gasteiger partial charge on any atom is 0.322 e. The first-order chi connectivity index (χ1) is 7.49. The zero-order valence-corrected chi connectivity index (χ0v) is 9.61. The lowest BCUT2D eigenvalue weighted by atomic mass is 10.2. The van der Waals surface area contributed by atoms with Gasteiger partial charge in [-0.15, -0.1) is 0 Å². The maximum atomic E-state index is 11.8. The molecule has 0 aromatic carbocycles. The van der Waals surface area contributed by atoms with E-state index in [0.717, 1.165) is 4.31 Å². The van der Waals surface area contributed by atoms with Gasteiger partial charge in [-0.05, 0) is 19.3 Å². The van der Waals surface area contributed by atoms with E-state index in [1.54, 1.807) is 0 Å². The standard InChI is InChI=1S/C9H14N2O4S/c10-5-1-2-7-16(14,15)11-6-3-4-8(11)9(12)13/h8H,1-4,6-7H2,(H,12,13)/t8-/m1/s1. The molecular weight excluding hydrogens is 232 g/mol. The normalized spacial score (nSPS) is 21.8. The number of carboxylic acids is 1. The van der Waals surface area contributed by atoms with Crippen LogP contribution in [0.15, 0.2) is 0 Å². The molecule has 1 fully saturated rings. The van der Waals surface area contributed by atoms with Gasteiger partial charge in [0.05, 0.1) is 11.8 Å². The fraction of sp³-hybridized carbons (Fsp3) is 0.778. The van der Waals surface area contributed by atoms with Crippen LogP contribution >= 0.6 is 0 Å². The molecule has 90 valence electrons. The molecule has 0 aromatic rings. The number of hydrogen-bond donors (Lipinski definition) is 1. The Morgan fingerprint density at radius 3 is 2.81 bits per heavy atom. The maximum absolute atomic E-state index is 11.8. The molecule has 0 unspecified atom stereocenters. The molecular formula is C9H14N2O4S. The lowest BCUT2D eigenvalue weighted by molar-refractivity contribution is -0.140. The first-order valence-corrected chi connectivity index (χ1v) is 6.69. The Kier molecular flexibility index (Phi) is 4.26. The van der Waals surface area contributed by atoms with Crippen LogP contribution in [0.2, 0.25) is 0 Å². The average Bonchev–Trinajstić information content (AvgIpc) is 2.66. The second-order valence-corrected chi connectivity index (χ2v) is 5.73. The number of nitriles is 1. The first-order valence-electron chi connectivity index (χ1n) is 5.08. The van der Waals surface area contributed by atoms with Crippen LogP contribution in [0.4, 0.5) is 0 Å². The lowest BCUT2D eigenvalue weighted by Crippen LogP contribution is -2.41. The second kappa shape index (κ2) is 5.27. The minimum Gasteiger partial charge on any atom is -0.480 e.